The van der Waals surface area contributed by atoms with E-state index in [0.29, 0.717) is 22.5 Å². The van der Waals surface area contributed by atoms with Crippen molar-refractivity contribution in [1.29, 1.82) is 5.26 Å². The highest BCUT2D eigenvalue weighted by atomic mass is 19.4. The number of carbonyl (C=O) groups excluding carboxylic acids is 1. The Morgan fingerprint density at radius 3 is 2.72 bits per heavy atom. The molecule has 3 N–H and O–H groups in total. The molecule has 0 bridgehead atoms. The summed E-state index contributed by atoms with van der Waals surface area (Å²) in [6.07, 6.45) is -1.54. The predicted molar refractivity (Wildman–Crippen MR) is 104 cm³/mol. The minimum absolute atomic E-state index is 0.310. The molecule has 3 aromatic rings. The van der Waals surface area contributed by atoms with Gasteiger partial charge >= 0.3 is 6.18 Å². The third-order valence-corrected chi connectivity index (χ3v) is 4.60. The van der Waals surface area contributed by atoms with Crippen molar-refractivity contribution >= 4 is 28.7 Å². The number of rotatable bonds is 5. The summed E-state index contributed by atoms with van der Waals surface area (Å²) >= 11 is 0. The average molecular weight is 449 g/mol. The van der Waals surface area contributed by atoms with Crippen LogP contribution in [0, 0.1) is 17.1 Å². The first-order valence-corrected chi connectivity index (χ1v) is 8.93. The van der Waals surface area contributed by atoms with Crippen LogP contribution < -0.4 is 5.32 Å². The van der Waals surface area contributed by atoms with Crippen LogP contribution >= 0.6 is 0 Å². The number of oxime groups is 1. The number of hydrogen-bond donors (Lipinski definition) is 3. The molecule has 0 saturated carbocycles. The third-order valence-electron chi connectivity index (χ3n) is 4.60. The second-order valence-electron chi connectivity index (χ2n) is 7.08. The van der Waals surface area contributed by atoms with Crippen LogP contribution in [0.4, 0.5) is 23.2 Å². The average Bonchev–Trinajstić information content (AvgIpc) is 3.03. The Hall–Kier alpha value is -3.98. The highest BCUT2D eigenvalue weighted by Gasteiger charge is 2.36. The van der Waals surface area contributed by atoms with Crippen LogP contribution in [0.5, 0.6) is 0 Å². The normalized spacial score (nSPS) is 13.8. The van der Waals surface area contributed by atoms with E-state index in [9.17, 15) is 27.5 Å². The summed E-state index contributed by atoms with van der Waals surface area (Å²) in [6.45, 7) is 0.773. The fourth-order valence-electron chi connectivity index (χ4n) is 3.10. The van der Waals surface area contributed by atoms with E-state index in [1.54, 1.807) is 0 Å². The fraction of sp³-hybridized carbons (Fsp3) is 0.200. The van der Waals surface area contributed by atoms with Gasteiger partial charge in [-0.2, -0.15) is 18.4 Å². The van der Waals surface area contributed by atoms with E-state index >= 15 is 0 Å². The lowest BCUT2D eigenvalue weighted by atomic mass is 10.1. The predicted octanol–water partition coefficient (Wildman–Crippen LogP) is 3.26. The molecule has 1 aromatic carbocycles. The van der Waals surface area contributed by atoms with E-state index in [2.05, 4.69) is 15.5 Å². The number of benzene rings is 1. The molecule has 0 spiro atoms. The fourth-order valence-corrected chi connectivity index (χ4v) is 3.10. The molecule has 0 aliphatic carbocycles. The Morgan fingerprint density at radius 1 is 1.38 bits per heavy atom. The van der Waals surface area contributed by atoms with Crippen LogP contribution in [0.15, 0.2) is 41.8 Å². The van der Waals surface area contributed by atoms with Crippen molar-refractivity contribution in [3.63, 3.8) is 0 Å². The van der Waals surface area contributed by atoms with E-state index in [1.807, 2.05) is 0 Å². The van der Waals surface area contributed by atoms with Crippen LogP contribution in [-0.2, 0) is 17.5 Å². The summed E-state index contributed by atoms with van der Waals surface area (Å²) in [7, 11) is 0. The van der Waals surface area contributed by atoms with Gasteiger partial charge in [0.2, 0.25) is 0 Å². The zero-order valence-corrected chi connectivity index (χ0v) is 16.4. The summed E-state index contributed by atoms with van der Waals surface area (Å²) in [4.78, 5) is 16.0. The monoisotopic (exact) mass is 449 g/mol. The van der Waals surface area contributed by atoms with Gasteiger partial charge in [0.05, 0.1) is 30.2 Å². The van der Waals surface area contributed by atoms with E-state index < -0.39 is 34.8 Å². The molecule has 1 amide bonds. The molecule has 12 heteroatoms. The maximum atomic E-state index is 13.6. The van der Waals surface area contributed by atoms with Crippen LogP contribution in [0.25, 0.3) is 10.9 Å². The minimum atomic E-state index is -4.87. The number of pyridine rings is 1. The van der Waals surface area contributed by atoms with Gasteiger partial charge in [0.1, 0.15) is 11.9 Å². The molecule has 1 unspecified atom stereocenters. The largest absolute Gasteiger partial charge is 0.419 e. The lowest BCUT2D eigenvalue weighted by molar-refractivity contribution is -0.138. The molecular weight excluding hydrogens is 434 g/mol. The second-order valence-corrected chi connectivity index (χ2v) is 7.08. The molecule has 3 rings (SSSR count). The summed E-state index contributed by atoms with van der Waals surface area (Å²) in [5, 5.41) is 33.7. The number of amides is 1. The number of anilines is 1. The second kappa shape index (κ2) is 8.27. The van der Waals surface area contributed by atoms with Gasteiger partial charge in [-0.25, -0.2) is 9.37 Å². The molecule has 0 radical (unpaired) electrons. The van der Waals surface area contributed by atoms with Gasteiger partial charge in [0.25, 0.3) is 5.91 Å². The van der Waals surface area contributed by atoms with E-state index in [4.69, 9.17) is 10.5 Å². The van der Waals surface area contributed by atoms with Crippen molar-refractivity contribution in [2.75, 3.05) is 5.32 Å². The highest BCUT2D eigenvalue weighted by molar-refractivity contribution is 6.00. The summed E-state index contributed by atoms with van der Waals surface area (Å²) in [6, 6.07) is 5.61. The molecule has 0 fully saturated rings. The van der Waals surface area contributed by atoms with Gasteiger partial charge in [-0.05, 0) is 31.2 Å². The van der Waals surface area contributed by atoms with Gasteiger partial charge in [-0.1, -0.05) is 5.16 Å². The van der Waals surface area contributed by atoms with Crippen LogP contribution in [0.1, 0.15) is 23.7 Å². The van der Waals surface area contributed by atoms with Crippen molar-refractivity contribution in [3.05, 3.63) is 59.3 Å². The van der Waals surface area contributed by atoms with E-state index in [-0.39, 0.29) is 12.2 Å². The molecule has 32 heavy (non-hydrogen) atoms. The highest BCUT2D eigenvalue weighted by Crippen LogP contribution is 2.33. The Bertz CT molecular complexity index is 1260. The number of aliphatic hydroxyl groups is 1. The van der Waals surface area contributed by atoms with Crippen molar-refractivity contribution in [1.82, 2.24) is 9.55 Å². The molecule has 8 nitrogen and oxygen atoms in total. The lowest BCUT2D eigenvalue weighted by Gasteiger charge is -2.23. The number of aromatic nitrogens is 2. The number of alkyl halides is 3. The zero-order valence-electron chi connectivity index (χ0n) is 16.4. The van der Waals surface area contributed by atoms with E-state index in [1.165, 1.54) is 29.0 Å². The van der Waals surface area contributed by atoms with Crippen molar-refractivity contribution in [3.8, 4) is 6.07 Å². The summed E-state index contributed by atoms with van der Waals surface area (Å²) < 4.78 is 54.3. The Labute approximate surface area is 178 Å². The molecule has 2 aromatic heterocycles. The topological polar surface area (TPSA) is 124 Å². The Kier molecular flexibility index (Phi) is 5.87. The first-order valence-electron chi connectivity index (χ1n) is 8.93. The quantitative estimate of drug-likeness (QED) is 0.239. The summed E-state index contributed by atoms with van der Waals surface area (Å²) in [5.74, 6) is -1.60. The smallest absolute Gasteiger partial charge is 0.411 e. The van der Waals surface area contributed by atoms with Crippen LogP contribution in [0.3, 0.4) is 0 Å². The minimum Gasteiger partial charge on any atom is -0.411 e. The lowest BCUT2D eigenvalue weighted by Crippen LogP contribution is -2.43. The molecule has 2 heterocycles. The molecule has 1 atom stereocenters. The Balaban J connectivity index is 1.90. The number of hydrogen-bond acceptors (Lipinski definition) is 6. The summed E-state index contributed by atoms with van der Waals surface area (Å²) in [5.41, 5.74) is -3.96. The number of halogens is 4. The SMILES string of the molecule is CC(O)(Cn1cc(C=NO)c2cc(F)ccc21)C(=O)Nc1cnc(C#N)c(C(F)(F)F)c1. The molecular formula is C20H15F4N5O3. The number of fused-ring (bicyclic) bond motifs is 1. The first kappa shape index (κ1) is 22.7. The van der Waals surface area contributed by atoms with Crippen LogP contribution in [0.2, 0.25) is 0 Å². The number of carbonyl (C=O) groups is 1. The first-order chi connectivity index (χ1) is 15.0. The van der Waals surface area contributed by atoms with Gasteiger partial charge in [0.15, 0.2) is 11.3 Å². The van der Waals surface area contributed by atoms with Crippen molar-refractivity contribution < 1.29 is 32.7 Å². The maximum absolute atomic E-state index is 13.6. The molecule has 0 saturated heterocycles. The number of nitriles is 1. The standard InChI is InChI=1S/C20H15F4N5O3/c1-19(31,10-29-9-11(7-27-32)14-4-12(21)2-3-17(14)29)18(30)28-13-5-15(20(22,23)24)16(6-25)26-8-13/h2-5,7-9,31-32H,10H2,1H3,(H,28,30). The Morgan fingerprint density at radius 2 is 2.09 bits per heavy atom. The van der Waals surface area contributed by atoms with Crippen molar-refractivity contribution in [2.24, 2.45) is 5.16 Å². The van der Waals surface area contributed by atoms with E-state index in [0.717, 1.165) is 25.4 Å². The van der Waals surface area contributed by atoms with Gasteiger partial charge < -0.3 is 20.2 Å². The third kappa shape index (κ3) is 4.52. The zero-order chi connectivity index (χ0) is 23.7. The van der Waals surface area contributed by atoms with Crippen LogP contribution in [-0.4, -0.2) is 37.6 Å². The number of nitrogens with one attached hydrogen (secondary N) is 1. The molecule has 166 valence electrons. The number of nitrogens with zero attached hydrogens (tertiary/aromatic N) is 4. The van der Waals surface area contributed by atoms with Gasteiger partial charge in [-0.3, -0.25) is 4.79 Å². The van der Waals surface area contributed by atoms with Crippen molar-refractivity contribution in [2.45, 2.75) is 25.2 Å². The van der Waals surface area contributed by atoms with Gasteiger partial charge in [0, 0.05) is 22.7 Å². The maximum Gasteiger partial charge on any atom is 0.419 e. The molecule has 0 aliphatic heterocycles. The molecule has 0 aliphatic rings. The van der Waals surface area contributed by atoms with Gasteiger partial charge in [-0.15, -0.1) is 0 Å².